The first-order chi connectivity index (χ1) is 13.0. The summed E-state index contributed by atoms with van der Waals surface area (Å²) in [4.78, 5) is 25.9. The third-order valence-electron chi connectivity index (χ3n) is 4.55. The van der Waals surface area contributed by atoms with E-state index in [0.717, 1.165) is 30.7 Å². The predicted octanol–water partition coefficient (Wildman–Crippen LogP) is 3.36. The van der Waals surface area contributed by atoms with Gasteiger partial charge in [-0.15, -0.1) is 0 Å². The minimum absolute atomic E-state index is 0.154. The Morgan fingerprint density at radius 3 is 2.63 bits per heavy atom. The monoisotopic (exact) mass is 368 g/mol. The number of methoxy groups -OCH3 is 1. The van der Waals surface area contributed by atoms with E-state index in [1.165, 1.54) is 7.11 Å². The van der Waals surface area contributed by atoms with Gasteiger partial charge in [0.05, 0.1) is 13.7 Å². The zero-order valence-corrected chi connectivity index (χ0v) is 15.6. The van der Waals surface area contributed by atoms with Gasteiger partial charge < -0.3 is 14.8 Å². The number of nitrogens with zero attached hydrogens (tertiary/aromatic N) is 1. The van der Waals surface area contributed by atoms with Crippen LogP contribution in [0.3, 0.4) is 0 Å². The molecule has 0 saturated carbocycles. The normalized spacial score (nSPS) is 16.7. The molecule has 0 radical (unpaired) electrons. The lowest BCUT2D eigenvalue weighted by molar-refractivity contribution is -0.146. The van der Waals surface area contributed by atoms with E-state index in [2.05, 4.69) is 5.32 Å². The molecule has 2 aromatic carbocycles. The highest BCUT2D eigenvalue weighted by atomic mass is 16.5. The zero-order chi connectivity index (χ0) is 19.2. The van der Waals surface area contributed by atoms with Crippen molar-refractivity contribution in [2.24, 2.45) is 0 Å². The van der Waals surface area contributed by atoms with Crippen molar-refractivity contribution < 1.29 is 19.1 Å². The average molecular weight is 368 g/mol. The molecule has 3 rings (SSSR count). The molecule has 1 fully saturated rings. The first-order valence-electron chi connectivity index (χ1n) is 9.01. The van der Waals surface area contributed by atoms with Crippen LogP contribution < -0.4 is 10.1 Å². The van der Waals surface area contributed by atoms with E-state index in [4.69, 9.17) is 9.47 Å². The average Bonchev–Trinajstić information content (AvgIpc) is 3.10. The molecule has 1 N–H and O–H groups in total. The van der Waals surface area contributed by atoms with Gasteiger partial charge in [-0.2, -0.15) is 0 Å². The summed E-state index contributed by atoms with van der Waals surface area (Å²) in [6, 6.07) is 14.7. The number of rotatable bonds is 6. The third kappa shape index (κ3) is 5.08. The Balaban J connectivity index is 1.54. The Labute approximate surface area is 159 Å². The van der Waals surface area contributed by atoms with E-state index in [1.807, 2.05) is 48.2 Å². The lowest BCUT2D eigenvalue weighted by Crippen LogP contribution is -2.41. The second kappa shape index (κ2) is 8.68. The van der Waals surface area contributed by atoms with Gasteiger partial charge in [0.15, 0.2) is 0 Å². The maximum Gasteiger partial charge on any atom is 0.323 e. The van der Waals surface area contributed by atoms with Crippen LogP contribution in [-0.4, -0.2) is 43.0 Å². The minimum atomic E-state index is -0.328. The quantitative estimate of drug-likeness (QED) is 0.792. The molecule has 6 heteroatoms. The summed E-state index contributed by atoms with van der Waals surface area (Å²) in [5, 5.41) is 2.86. The van der Waals surface area contributed by atoms with Crippen LogP contribution >= 0.6 is 0 Å². The molecule has 1 aliphatic rings. The largest absolute Gasteiger partial charge is 0.468 e. The van der Waals surface area contributed by atoms with Crippen molar-refractivity contribution in [2.75, 3.05) is 25.5 Å². The first-order valence-corrected chi connectivity index (χ1v) is 9.01. The molecule has 1 saturated heterocycles. The first kappa shape index (κ1) is 18.9. The number of hydrogen-bond acceptors (Lipinski definition) is 5. The van der Waals surface area contributed by atoms with E-state index in [0.29, 0.717) is 11.4 Å². The topological polar surface area (TPSA) is 67.9 Å². The highest BCUT2D eigenvalue weighted by Gasteiger charge is 2.32. The number of carbonyl (C=O) groups is 2. The van der Waals surface area contributed by atoms with Crippen LogP contribution in [0.1, 0.15) is 18.4 Å². The van der Waals surface area contributed by atoms with Crippen molar-refractivity contribution >= 4 is 17.6 Å². The maximum atomic E-state index is 12.3. The molecule has 1 heterocycles. The number of aryl methyl sites for hydroxylation is 1. The van der Waals surface area contributed by atoms with Gasteiger partial charge >= 0.3 is 5.97 Å². The fraction of sp³-hybridized carbons (Fsp3) is 0.333. The summed E-state index contributed by atoms with van der Waals surface area (Å²) in [5.41, 5.74) is 1.81. The lowest BCUT2D eigenvalue weighted by atomic mass is 10.2. The van der Waals surface area contributed by atoms with Gasteiger partial charge in [-0.1, -0.05) is 12.1 Å². The van der Waals surface area contributed by atoms with Crippen molar-refractivity contribution in [3.63, 3.8) is 0 Å². The molecular formula is C21H24N2O4. The van der Waals surface area contributed by atoms with Crippen LogP contribution in [0.2, 0.25) is 0 Å². The highest BCUT2D eigenvalue weighted by molar-refractivity contribution is 5.92. The smallest absolute Gasteiger partial charge is 0.323 e. The van der Waals surface area contributed by atoms with E-state index in [-0.39, 0.29) is 24.5 Å². The second-order valence-corrected chi connectivity index (χ2v) is 6.64. The predicted molar refractivity (Wildman–Crippen MR) is 103 cm³/mol. The summed E-state index contributed by atoms with van der Waals surface area (Å²) >= 11 is 0. The fourth-order valence-electron chi connectivity index (χ4n) is 3.22. The van der Waals surface area contributed by atoms with Crippen LogP contribution in [0, 0.1) is 6.92 Å². The Morgan fingerprint density at radius 2 is 1.93 bits per heavy atom. The van der Waals surface area contributed by atoms with Gasteiger partial charge in [-0.05, 0) is 68.3 Å². The van der Waals surface area contributed by atoms with Crippen LogP contribution in [0.15, 0.2) is 48.5 Å². The summed E-state index contributed by atoms with van der Waals surface area (Å²) in [6.45, 7) is 2.90. The van der Waals surface area contributed by atoms with Crippen molar-refractivity contribution in [1.82, 2.24) is 4.90 Å². The molecule has 1 atom stereocenters. The van der Waals surface area contributed by atoms with Gasteiger partial charge in [0.1, 0.15) is 17.5 Å². The second-order valence-electron chi connectivity index (χ2n) is 6.64. The molecule has 0 bridgehead atoms. The van der Waals surface area contributed by atoms with Gasteiger partial charge in [0, 0.05) is 5.69 Å². The van der Waals surface area contributed by atoms with Crippen LogP contribution in [0.25, 0.3) is 0 Å². The number of nitrogens with one attached hydrogen (secondary N) is 1. The molecule has 2 aromatic rings. The minimum Gasteiger partial charge on any atom is -0.468 e. The van der Waals surface area contributed by atoms with Crippen molar-refractivity contribution in [2.45, 2.75) is 25.8 Å². The number of benzene rings is 2. The Morgan fingerprint density at radius 1 is 1.15 bits per heavy atom. The van der Waals surface area contributed by atoms with Crippen LogP contribution in [0.4, 0.5) is 5.69 Å². The van der Waals surface area contributed by atoms with E-state index in [1.54, 1.807) is 12.1 Å². The highest BCUT2D eigenvalue weighted by Crippen LogP contribution is 2.24. The lowest BCUT2D eigenvalue weighted by Gasteiger charge is -2.21. The molecule has 27 heavy (non-hydrogen) atoms. The Bertz CT molecular complexity index is 804. The van der Waals surface area contributed by atoms with E-state index >= 15 is 0 Å². The summed E-state index contributed by atoms with van der Waals surface area (Å²) < 4.78 is 10.6. The molecule has 0 aliphatic carbocycles. The number of esters is 1. The number of hydrogen-bond donors (Lipinski definition) is 1. The number of carbonyl (C=O) groups excluding carboxylic acids is 2. The molecule has 1 amide bonds. The molecule has 1 aliphatic heterocycles. The number of likely N-dealkylation sites (tertiary alicyclic amines) is 1. The van der Waals surface area contributed by atoms with Gasteiger partial charge in [0.2, 0.25) is 5.91 Å². The number of amides is 1. The standard InChI is InChI=1S/C21H24N2O4/c1-15-5-3-6-18(13-15)27-17-10-8-16(9-11-17)22-20(24)14-23-12-4-7-19(23)21(25)26-2/h3,5-6,8-11,13,19H,4,7,12,14H2,1-2H3,(H,22,24). The molecule has 0 spiro atoms. The molecule has 142 valence electrons. The van der Waals surface area contributed by atoms with Gasteiger partial charge in [-0.25, -0.2) is 0 Å². The number of anilines is 1. The van der Waals surface area contributed by atoms with Crippen molar-refractivity contribution in [3.8, 4) is 11.5 Å². The molecule has 6 nitrogen and oxygen atoms in total. The van der Waals surface area contributed by atoms with Crippen LogP contribution in [-0.2, 0) is 14.3 Å². The van der Waals surface area contributed by atoms with Gasteiger partial charge in [-0.3, -0.25) is 14.5 Å². The fourth-order valence-corrected chi connectivity index (χ4v) is 3.22. The van der Waals surface area contributed by atoms with E-state index in [9.17, 15) is 9.59 Å². The zero-order valence-electron chi connectivity index (χ0n) is 15.6. The summed E-state index contributed by atoms with van der Waals surface area (Å²) in [6.07, 6.45) is 1.61. The van der Waals surface area contributed by atoms with E-state index < -0.39 is 0 Å². The Kier molecular flexibility index (Phi) is 6.08. The molecular weight excluding hydrogens is 344 g/mol. The van der Waals surface area contributed by atoms with Crippen molar-refractivity contribution in [1.29, 1.82) is 0 Å². The van der Waals surface area contributed by atoms with Crippen LogP contribution in [0.5, 0.6) is 11.5 Å². The van der Waals surface area contributed by atoms with Crippen molar-refractivity contribution in [3.05, 3.63) is 54.1 Å². The third-order valence-corrected chi connectivity index (χ3v) is 4.55. The summed E-state index contributed by atoms with van der Waals surface area (Å²) in [7, 11) is 1.37. The summed E-state index contributed by atoms with van der Waals surface area (Å²) in [5.74, 6) is 1.04. The van der Waals surface area contributed by atoms with Gasteiger partial charge in [0.25, 0.3) is 0 Å². The maximum absolute atomic E-state index is 12.3. The molecule has 1 unspecified atom stereocenters. The Hall–Kier alpha value is -2.86. The number of ether oxygens (including phenoxy) is 2. The molecule has 0 aromatic heterocycles. The SMILES string of the molecule is COC(=O)C1CCCN1CC(=O)Nc1ccc(Oc2cccc(C)c2)cc1.